The van der Waals surface area contributed by atoms with Crippen LogP contribution in [0.4, 0.5) is 11.4 Å². The molecule has 2 aromatic carbocycles. The third-order valence-corrected chi connectivity index (χ3v) is 4.09. The van der Waals surface area contributed by atoms with Crippen LogP contribution >= 0.6 is 0 Å². The van der Waals surface area contributed by atoms with Crippen LogP contribution in [-0.2, 0) is 81.5 Å². The molecule has 0 aliphatic carbocycles. The number of carboxylic acid groups (broad SMARTS) is 2. The molecule has 0 aromatic heterocycles. The average molecular weight is 877 g/mol. The fraction of sp³-hybridized carbons (Fsp3) is 0.182. The Bertz CT molecular complexity index is 1300. The standard InChI is InChI=1S/2C11H11N3O6.Mn.2Ni.8H2O/c2*15-9-2-1-8(14(19)20)3-7(9)4-12-5-10(16)13-6-11(17)18;;;;;;;;;;;/h2*1-4,15H,5-6H2,(H,13,16)(H,17,18);;;;8*1H2/q;;3*+2;;;;;;;;/p-2. The molecule has 0 unspecified atom stereocenters. The number of nitro groups is 2. The predicted octanol–water partition coefficient (Wildman–Crippen LogP) is -11.8. The van der Waals surface area contributed by atoms with Gasteiger partial charge in [0.25, 0.3) is 11.4 Å². The maximum absolute atomic E-state index is 11.4. The van der Waals surface area contributed by atoms with E-state index in [4.69, 9.17) is 0 Å². The van der Waals surface area contributed by atoms with Gasteiger partial charge in [0.15, 0.2) is 0 Å². The van der Waals surface area contributed by atoms with Crippen LogP contribution in [0.1, 0.15) is 11.1 Å². The summed E-state index contributed by atoms with van der Waals surface area (Å²) in [7, 11) is 0. The first-order valence-electron chi connectivity index (χ1n) is 10.5. The first kappa shape index (κ1) is 76.2. The minimum atomic E-state index is -1.50. The van der Waals surface area contributed by atoms with Gasteiger partial charge in [-0.1, -0.05) is 23.6 Å². The molecule has 0 spiro atoms. The summed E-state index contributed by atoms with van der Waals surface area (Å²) in [5, 5.41) is 86.0. The summed E-state index contributed by atoms with van der Waals surface area (Å²) >= 11 is 0. The van der Waals surface area contributed by atoms with Crippen LogP contribution in [0, 0.1) is 20.2 Å². The number of nitrogens with zero attached hydrogens (tertiary/aromatic N) is 6. The number of aliphatic imine (C=N–C) groups is 4. The minimum absolute atomic E-state index is 0. The summed E-state index contributed by atoms with van der Waals surface area (Å²) in [4.78, 5) is 53.2. The van der Waals surface area contributed by atoms with Crippen LogP contribution in [0.3, 0.4) is 0 Å². The summed E-state index contributed by atoms with van der Waals surface area (Å²) in [5.74, 6) is -5.57. The van der Waals surface area contributed by atoms with E-state index in [9.17, 15) is 60.5 Å². The van der Waals surface area contributed by atoms with Crippen molar-refractivity contribution in [1.82, 2.24) is 0 Å². The molecular formula is C22H36MnN6Ni2O20+4. The zero-order chi connectivity index (χ0) is 30.2. The number of rotatable bonds is 12. The van der Waals surface area contributed by atoms with E-state index < -0.39 is 71.3 Å². The van der Waals surface area contributed by atoms with Crippen molar-refractivity contribution in [2.75, 3.05) is 26.2 Å². The van der Waals surface area contributed by atoms with Gasteiger partial charge >= 0.3 is 50.1 Å². The molecule has 1 radical (unpaired) electrons. The molecule has 29 heteroatoms. The van der Waals surface area contributed by atoms with Crippen LogP contribution in [0.25, 0.3) is 0 Å². The summed E-state index contributed by atoms with van der Waals surface area (Å²) < 4.78 is 0. The third-order valence-electron chi connectivity index (χ3n) is 4.09. The monoisotopic (exact) mass is 875 g/mol. The second-order valence-corrected chi connectivity index (χ2v) is 7.06. The number of hydrogen-bond acceptors (Lipinski definition) is 16. The van der Waals surface area contributed by atoms with Crippen molar-refractivity contribution in [2.24, 2.45) is 20.0 Å². The number of aliphatic carboxylic acids is 2. The van der Waals surface area contributed by atoms with E-state index in [1.807, 2.05) is 0 Å². The Morgan fingerprint density at radius 2 is 0.863 bits per heavy atom. The molecule has 0 atom stereocenters. The van der Waals surface area contributed by atoms with E-state index in [1.54, 1.807) is 0 Å². The van der Waals surface area contributed by atoms with Crippen LogP contribution in [0.2, 0.25) is 0 Å². The molecule has 51 heavy (non-hydrogen) atoms. The van der Waals surface area contributed by atoms with E-state index in [-0.39, 0.29) is 116 Å². The molecule has 0 aliphatic heterocycles. The molecule has 0 saturated heterocycles. The van der Waals surface area contributed by atoms with E-state index in [2.05, 4.69) is 20.0 Å². The number of nitro benzene ring substituents is 2. The van der Waals surface area contributed by atoms with E-state index >= 15 is 0 Å². The molecule has 0 amide bonds. The fourth-order valence-corrected chi connectivity index (χ4v) is 2.35. The Morgan fingerprint density at radius 3 is 1.10 bits per heavy atom. The van der Waals surface area contributed by atoms with Crippen LogP contribution in [-0.4, -0.2) is 94.1 Å². The molecule has 0 saturated carbocycles. The third kappa shape index (κ3) is 32.2. The van der Waals surface area contributed by atoms with E-state index in [1.165, 1.54) is 0 Å². The first-order chi connectivity index (χ1) is 18.8. The molecule has 0 heterocycles. The van der Waals surface area contributed by atoms with Crippen molar-refractivity contribution in [3.8, 4) is 11.5 Å². The van der Waals surface area contributed by atoms with Crippen molar-refractivity contribution in [3.05, 3.63) is 67.8 Å². The molecule has 297 valence electrons. The second-order valence-electron chi connectivity index (χ2n) is 7.06. The fourth-order valence-electron chi connectivity index (χ4n) is 2.35. The van der Waals surface area contributed by atoms with Crippen molar-refractivity contribution < 1.29 is 144 Å². The van der Waals surface area contributed by atoms with Crippen molar-refractivity contribution in [3.63, 3.8) is 0 Å². The summed E-state index contributed by atoms with van der Waals surface area (Å²) in [6.45, 7) is -2.46. The normalized spacial score (nSPS) is 9.18. The Hall–Kier alpha value is -4.75. The van der Waals surface area contributed by atoms with E-state index in [0.29, 0.717) is 0 Å². The van der Waals surface area contributed by atoms with Crippen molar-refractivity contribution >= 4 is 47.5 Å². The van der Waals surface area contributed by atoms with Gasteiger partial charge in [0.1, 0.15) is 0 Å². The van der Waals surface area contributed by atoms with Crippen LogP contribution in [0.5, 0.6) is 11.5 Å². The topological polar surface area (TPSA) is 566 Å². The van der Waals surface area contributed by atoms with Gasteiger partial charge in [-0.3, -0.25) is 40.2 Å². The zero-order valence-corrected chi connectivity index (χ0v) is 28.5. The summed E-state index contributed by atoms with van der Waals surface area (Å²) in [6, 6.07) is 6.19. The molecule has 0 fully saturated rings. The largest absolute Gasteiger partial charge is 2.00 e. The Morgan fingerprint density at radius 1 is 0.588 bits per heavy atom. The number of benzene rings is 2. The van der Waals surface area contributed by atoms with E-state index in [0.717, 1.165) is 48.8 Å². The van der Waals surface area contributed by atoms with Crippen molar-refractivity contribution in [1.29, 1.82) is 0 Å². The molecule has 0 bridgehead atoms. The maximum Gasteiger partial charge on any atom is 2.00 e. The molecule has 0 aliphatic rings. The summed E-state index contributed by atoms with van der Waals surface area (Å²) in [5.41, 5.74) is -0.656. The molecule has 2 rings (SSSR count). The van der Waals surface area contributed by atoms with Crippen LogP contribution in [0.15, 0.2) is 56.4 Å². The quantitative estimate of drug-likeness (QED) is 0.0479. The Balaban J connectivity index is -0.0000000573. The van der Waals surface area contributed by atoms with Gasteiger partial charge in [0, 0.05) is 36.7 Å². The zero-order valence-electron chi connectivity index (χ0n) is 25.3. The number of non-ortho nitro benzene ring substituents is 2. The Labute approximate surface area is 316 Å². The van der Waals surface area contributed by atoms with Gasteiger partial charge in [-0.2, -0.15) is 0 Å². The maximum atomic E-state index is 11.4. The number of hydrogen-bond donors (Lipinski definition) is 0. The van der Waals surface area contributed by atoms with Gasteiger partial charge < -0.3 is 84.0 Å². The summed E-state index contributed by atoms with van der Waals surface area (Å²) in [6.07, 6.45) is 2.00. The van der Waals surface area contributed by atoms with Gasteiger partial charge in [0.05, 0.1) is 48.0 Å². The van der Waals surface area contributed by atoms with Crippen molar-refractivity contribution in [2.45, 2.75) is 0 Å². The average Bonchev–Trinajstić information content (AvgIpc) is 2.88. The SMILES string of the molecule is O.O.O.O.O=C([O-])CN=C([O-])CN=Cc1cc([N+](=O)[O-])ccc1[O-].O=C([O-])CN=C([O-])CN=Cc1cc([N+](=O)[O-])ccc1[O-].[Mn+2].[Ni+2].[Ni+2].[OH3+].[OH3+].[OH3+].[OH3+]. The molecular weight excluding hydrogens is 841 g/mol. The van der Waals surface area contributed by atoms with Crippen LogP contribution < -0.4 is 30.6 Å². The second kappa shape index (κ2) is 39.7. The number of carboxylic acids is 2. The number of carbonyl (C=O) groups is 2. The predicted molar refractivity (Wildman–Crippen MR) is 159 cm³/mol. The van der Waals surface area contributed by atoms with Gasteiger partial charge in [-0.05, 0) is 22.9 Å². The Kier molecular flexibility index (Phi) is 59.3. The van der Waals surface area contributed by atoms with Gasteiger partial charge in [0.2, 0.25) is 0 Å². The first-order valence-corrected chi connectivity index (χ1v) is 10.5. The molecule has 20 N–H and O–H groups in total. The van der Waals surface area contributed by atoms with Gasteiger partial charge in [-0.25, -0.2) is 0 Å². The minimum Gasteiger partial charge on any atom is -0.872 e. The molecule has 26 nitrogen and oxygen atoms in total. The van der Waals surface area contributed by atoms with Gasteiger partial charge in [-0.15, -0.1) is 0 Å². The smallest absolute Gasteiger partial charge is 0.872 e. The molecule has 2 aromatic rings. The number of carbonyl (C=O) groups excluding carboxylic acids is 2.